The van der Waals surface area contributed by atoms with E-state index in [1.165, 1.54) is 16.5 Å². The number of H-pyrrole nitrogens is 1. The van der Waals surface area contributed by atoms with Crippen LogP contribution < -0.4 is 5.32 Å². The van der Waals surface area contributed by atoms with Crippen molar-refractivity contribution < 1.29 is 4.79 Å². The van der Waals surface area contributed by atoms with Gasteiger partial charge in [-0.05, 0) is 91.0 Å². The molecule has 3 aromatic rings. The third-order valence-corrected chi connectivity index (χ3v) is 6.56. The number of anilines is 1. The molecule has 28 heavy (non-hydrogen) atoms. The van der Waals surface area contributed by atoms with Crippen LogP contribution in [0.4, 0.5) is 5.69 Å². The first-order valence-corrected chi connectivity index (χ1v) is 10.7. The standard InChI is InChI=1S/C23H26BrN3O/c1-15-7-8-22(20(24)13-15)26-23(28)16(2)27-11-9-17(10-12-27)19-14-25-21-6-4-3-5-18(19)21/h3-8,13-14,16-17,25H,9-12H2,1-2H3,(H,26,28)/t16-/m0/s1. The summed E-state index contributed by atoms with van der Waals surface area (Å²) in [4.78, 5) is 18.4. The van der Waals surface area contributed by atoms with Gasteiger partial charge in [0.2, 0.25) is 5.91 Å². The summed E-state index contributed by atoms with van der Waals surface area (Å²) in [5, 5.41) is 4.39. The Morgan fingerprint density at radius 2 is 1.96 bits per heavy atom. The van der Waals surface area contributed by atoms with Gasteiger partial charge in [0.1, 0.15) is 0 Å². The van der Waals surface area contributed by atoms with Gasteiger partial charge in [-0.1, -0.05) is 24.3 Å². The van der Waals surface area contributed by atoms with Crippen LogP contribution in [0.2, 0.25) is 0 Å². The summed E-state index contributed by atoms with van der Waals surface area (Å²) >= 11 is 3.54. The molecule has 1 saturated heterocycles. The number of rotatable bonds is 4. The van der Waals surface area contributed by atoms with E-state index >= 15 is 0 Å². The highest BCUT2D eigenvalue weighted by Crippen LogP contribution is 2.33. The van der Waals surface area contributed by atoms with Gasteiger partial charge in [0.05, 0.1) is 11.7 Å². The molecule has 2 aromatic carbocycles. The Morgan fingerprint density at radius 3 is 2.71 bits per heavy atom. The molecule has 1 fully saturated rings. The van der Waals surface area contributed by atoms with Crippen LogP contribution in [-0.4, -0.2) is 34.9 Å². The molecule has 4 nitrogen and oxygen atoms in total. The van der Waals surface area contributed by atoms with E-state index < -0.39 is 0 Å². The number of carbonyl (C=O) groups excluding carboxylic acids is 1. The third kappa shape index (κ3) is 3.87. The Morgan fingerprint density at radius 1 is 1.21 bits per heavy atom. The Hall–Kier alpha value is -2.11. The summed E-state index contributed by atoms with van der Waals surface area (Å²) < 4.78 is 0.922. The topological polar surface area (TPSA) is 48.1 Å². The number of aryl methyl sites for hydroxylation is 1. The Bertz CT molecular complexity index is 988. The quantitative estimate of drug-likeness (QED) is 0.567. The minimum Gasteiger partial charge on any atom is -0.361 e. The summed E-state index contributed by atoms with van der Waals surface area (Å²) in [6.45, 7) is 5.92. The van der Waals surface area contributed by atoms with Gasteiger partial charge >= 0.3 is 0 Å². The summed E-state index contributed by atoms with van der Waals surface area (Å²) in [6, 6.07) is 14.3. The second kappa shape index (κ2) is 8.10. The highest BCUT2D eigenvalue weighted by atomic mass is 79.9. The molecular formula is C23H26BrN3O. The number of aromatic amines is 1. The molecule has 1 aliphatic rings. The van der Waals surface area contributed by atoms with Gasteiger partial charge in [-0.15, -0.1) is 0 Å². The van der Waals surface area contributed by atoms with Gasteiger partial charge in [-0.2, -0.15) is 0 Å². The lowest BCUT2D eigenvalue weighted by molar-refractivity contribution is -0.121. The van der Waals surface area contributed by atoms with Crippen molar-refractivity contribution in [1.29, 1.82) is 0 Å². The summed E-state index contributed by atoms with van der Waals surface area (Å²) in [6.07, 6.45) is 4.32. The van der Waals surface area contributed by atoms with E-state index in [-0.39, 0.29) is 11.9 Å². The van der Waals surface area contributed by atoms with Crippen molar-refractivity contribution >= 4 is 38.4 Å². The van der Waals surface area contributed by atoms with Crippen molar-refractivity contribution in [2.24, 2.45) is 0 Å². The number of nitrogens with one attached hydrogen (secondary N) is 2. The van der Waals surface area contributed by atoms with Crippen molar-refractivity contribution in [3.63, 3.8) is 0 Å². The van der Waals surface area contributed by atoms with Crippen LogP contribution in [-0.2, 0) is 4.79 Å². The van der Waals surface area contributed by atoms with E-state index in [0.29, 0.717) is 5.92 Å². The Kier molecular flexibility index (Phi) is 5.56. The molecule has 146 valence electrons. The predicted molar refractivity (Wildman–Crippen MR) is 119 cm³/mol. The second-order valence-electron chi connectivity index (χ2n) is 7.75. The molecule has 5 heteroatoms. The van der Waals surface area contributed by atoms with Crippen molar-refractivity contribution in [1.82, 2.24) is 9.88 Å². The molecule has 0 aliphatic carbocycles. The number of piperidine rings is 1. The average Bonchev–Trinajstić information content (AvgIpc) is 3.14. The molecule has 0 unspecified atom stereocenters. The first-order chi connectivity index (χ1) is 13.5. The highest BCUT2D eigenvalue weighted by molar-refractivity contribution is 9.10. The third-order valence-electron chi connectivity index (χ3n) is 5.90. The number of halogens is 1. The fraction of sp³-hybridized carbons (Fsp3) is 0.348. The van der Waals surface area contributed by atoms with E-state index in [2.05, 4.69) is 61.6 Å². The number of hydrogen-bond acceptors (Lipinski definition) is 2. The van der Waals surface area contributed by atoms with Crippen LogP contribution in [0, 0.1) is 6.92 Å². The molecule has 0 bridgehead atoms. The minimum absolute atomic E-state index is 0.0510. The molecule has 4 rings (SSSR count). The van der Waals surface area contributed by atoms with E-state index in [1.807, 2.05) is 32.0 Å². The molecule has 0 spiro atoms. The molecule has 1 aliphatic heterocycles. The smallest absolute Gasteiger partial charge is 0.241 e. The van der Waals surface area contributed by atoms with Crippen molar-refractivity contribution in [2.75, 3.05) is 18.4 Å². The van der Waals surface area contributed by atoms with Crippen molar-refractivity contribution in [3.8, 4) is 0 Å². The maximum absolute atomic E-state index is 12.8. The zero-order valence-corrected chi connectivity index (χ0v) is 17.9. The number of para-hydroxylation sites is 1. The fourth-order valence-corrected chi connectivity index (χ4v) is 4.75. The monoisotopic (exact) mass is 439 g/mol. The lowest BCUT2D eigenvalue weighted by Gasteiger charge is -2.35. The molecule has 1 atom stereocenters. The molecule has 1 amide bonds. The van der Waals surface area contributed by atoms with E-state index in [4.69, 9.17) is 0 Å². The largest absolute Gasteiger partial charge is 0.361 e. The van der Waals surface area contributed by atoms with Gasteiger partial charge in [-0.3, -0.25) is 9.69 Å². The molecule has 2 N–H and O–H groups in total. The molecular weight excluding hydrogens is 414 g/mol. The van der Waals surface area contributed by atoms with Crippen molar-refractivity contribution in [3.05, 3.63) is 64.3 Å². The maximum Gasteiger partial charge on any atom is 0.241 e. The Labute approximate surface area is 174 Å². The van der Waals surface area contributed by atoms with E-state index in [0.717, 1.165) is 41.7 Å². The highest BCUT2D eigenvalue weighted by Gasteiger charge is 2.28. The van der Waals surface area contributed by atoms with Gasteiger partial charge < -0.3 is 10.3 Å². The zero-order chi connectivity index (χ0) is 19.7. The van der Waals surface area contributed by atoms with Crippen LogP contribution >= 0.6 is 15.9 Å². The first-order valence-electron chi connectivity index (χ1n) is 9.90. The van der Waals surface area contributed by atoms with Crippen molar-refractivity contribution in [2.45, 2.75) is 38.6 Å². The molecule has 2 heterocycles. The summed E-state index contributed by atoms with van der Waals surface area (Å²) in [7, 11) is 0. The Balaban J connectivity index is 1.38. The second-order valence-corrected chi connectivity index (χ2v) is 8.60. The van der Waals surface area contributed by atoms with Gasteiger partial charge in [0.15, 0.2) is 0 Å². The van der Waals surface area contributed by atoms with Gasteiger partial charge in [0, 0.05) is 21.6 Å². The normalized spacial score (nSPS) is 17.0. The van der Waals surface area contributed by atoms with E-state index in [9.17, 15) is 4.79 Å². The molecule has 0 saturated carbocycles. The summed E-state index contributed by atoms with van der Waals surface area (Å²) in [5.41, 5.74) is 4.61. The van der Waals surface area contributed by atoms with Crippen LogP contribution in [0.25, 0.3) is 10.9 Å². The number of amides is 1. The van der Waals surface area contributed by atoms with Crippen LogP contribution in [0.3, 0.4) is 0 Å². The van der Waals surface area contributed by atoms with Crippen LogP contribution in [0.1, 0.15) is 36.8 Å². The first kappa shape index (κ1) is 19.2. The number of carbonyl (C=O) groups is 1. The molecule has 1 aromatic heterocycles. The number of fused-ring (bicyclic) bond motifs is 1. The van der Waals surface area contributed by atoms with Crippen LogP contribution in [0.5, 0.6) is 0 Å². The summed E-state index contributed by atoms with van der Waals surface area (Å²) in [5.74, 6) is 0.601. The van der Waals surface area contributed by atoms with Gasteiger partial charge in [0.25, 0.3) is 0 Å². The maximum atomic E-state index is 12.8. The average molecular weight is 440 g/mol. The number of nitrogens with zero attached hydrogens (tertiary/aromatic N) is 1. The predicted octanol–water partition coefficient (Wildman–Crippen LogP) is 5.45. The lowest BCUT2D eigenvalue weighted by Crippen LogP contribution is -2.45. The zero-order valence-electron chi connectivity index (χ0n) is 16.3. The van der Waals surface area contributed by atoms with Crippen LogP contribution in [0.15, 0.2) is 53.1 Å². The number of benzene rings is 2. The minimum atomic E-state index is -0.142. The number of aromatic nitrogens is 1. The fourth-order valence-electron chi connectivity index (χ4n) is 4.15. The molecule has 0 radical (unpaired) electrons. The number of hydrogen-bond donors (Lipinski definition) is 2. The SMILES string of the molecule is Cc1ccc(NC(=O)[C@H](C)N2CCC(c3c[nH]c4ccccc34)CC2)c(Br)c1. The lowest BCUT2D eigenvalue weighted by atomic mass is 9.88. The van der Waals surface area contributed by atoms with Gasteiger partial charge in [-0.25, -0.2) is 0 Å². The van der Waals surface area contributed by atoms with E-state index in [1.54, 1.807) is 0 Å². The number of likely N-dealkylation sites (tertiary alicyclic amines) is 1.